The third-order valence-corrected chi connectivity index (χ3v) is 7.67. The zero-order chi connectivity index (χ0) is 21.9. The number of carbonyl (C=O) groups is 2. The number of benzene rings is 2. The number of hydrogen-bond donors (Lipinski definition) is 0. The molecule has 2 aliphatic heterocycles. The highest BCUT2D eigenvalue weighted by Gasteiger charge is 2.66. The van der Waals surface area contributed by atoms with E-state index in [9.17, 15) is 9.59 Å². The summed E-state index contributed by atoms with van der Waals surface area (Å²) in [6.45, 7) is 6.30. The predicted molar refractivity (Wildman–Crippen MR) is 119 cm³/mol. The Morgan fingerprint density at radius 1 is 0.968 bits per heavy atom. The maximum Gasteiger partial charge on any atom is 0.154 e. The molecule has 0 amide bonds. The molecule has 0 spiro atoms. The molecule has 0 radical (unpaired) electrons. The second-order valence-corrected chi connectivity index (χ2v) is 9.25. The normalized spacial score (nSPS) is 31.4. The highest BCUT2D eigenvalue weighted by molar-refractivity contribution is 6.17. The fourth-order valence-electron chi connectivity index (χ4n) is 6.33. The number of hydrogen-bond acceptors (Lipinski definition) is 4. The number of fused-ring (bicyclic) bond motifs is 5. The van der Waals surface area contributed by atoms with Crippen LogP contribution in [-0.4, -0.2) is 30.9 Å². The van der Waals surface area contributed by atoms with Gasteiger partial charge in [0.2, 0.25) is 0 Å². The van der Waals surface area contributed by atoms with Crippen LogP contribution in [-0.2, 0) is 27.2 Å². The Morgan fingerprint density at radius 3 is 2.16 bits per heavy atom. The van der Waals surface area contributed by atoms with Crippen molar-refractivity contribution in [1.29, 1.82) is 0 Å². The predicted octanol–water partition coefficient (Wildman–Crippen LogP) is 4.55. The van der Waals surface area contributed by atoms with E-state index in [0.29, 0.717) is 0 Å². The molecular formula is C27H30O4. The van der Waals surface area contributed by atoms with Crippen molar-refractivity contribution in [1.82, 2.24) is 0 Å². The zero-order valence-corrected chi connectivity index (χ0v) is 18.7. The van der Waals surface area contributed by atoms with Crippen LogP contribution in [0.25, 0.3) is 0 Å². The van der Waals surface area contributed by atoms with Crippen molar-refractivity contribution in [2.45, 2.75) is 64.1 Å². The molecule has 162 valence electrons. The minimum atomic E-state index is -0.621. The molecule has 4 heteroatoms. The van der Waals surface area contributed by atoms with Crippen molar-refractivity contribution < 1.29 is 19.1 Å². The summed E-state index contributed by atoms with van der Waals surface area (Å²) >= 11 is 0. The maximum absolute atomic E-state index is 13.8. The van der Waals surface area contributed by atoms with E-state index in [1.54, 1.807) is 7.11 Å². The van der Waals surface area contributed by atoms with Gasteiger partial charge < -0.3 is 9.47 Å². The van der Waals surface area contributed by atoms with Gasteiger partial charge in [-0.25, -0.2) is 0 Å². The van der Waals surface area contributed by atoms with Gasteiger partial charge in [-0.2, -0.15) is 0 Å². The van der Waals surface area contributed by atoms with Gasteiger partial charge in [0.05, 0.1) is 31.2 Å². The minimum absolute atomic E-state index is 0.0777. The van der Waals surface area contributed by atoms with Crippen molar-refractivity contribution >= 4 is 11.6 Å². The highest BCUT2D eigenvalue weighted by atomic mass is 16.5. The first-order chi connectivity index (χ1) is 15.0. The van der Waals surface area contributed by atoms with E-state index in [4.69, 9.17) is 9.47 Å². The largest absolute Gasteiger partial charge is 0.497 e. The van der Waals surface area contributed by atoms with Crippen LogP contribution in [0.4, 0.5) is 0 Å². The van der Waals surface area contributed by atoms with Gasteiger partial charge in [-0.05, 0) is 60.6 Å². The molecule has 3 aliphatic rings. The number of Topliss-reactive ketones (excluding diaryl/α,β-unsaturated/α-hetero) is 2. The van der Waals surface area contributed by atoms with E-state index in [2.05, 4.69) is 45.0 Å². The van der Waals surface area contributed by atoms with E-state index in [-0.39, 0.29) is 41.5 Å². The van der Waals surface area contributed by atoms with Crippen molar-refractivity contribution in [3.05, 3.63) is 64.2 Å². The summed E-state index contributed by atoms with van der Waals surface area (Å²) in [7, 11) is 1.66. The maximum atomic E-state index is 13.8. The van der Waals surface area contributed by atoms with Crippen LogP contribution in [0, 0.1) is 18.8 Å². The second-order valence-electron chi connectivity index (χ2n) is 9.25. The SMILES string of the molecule is CCc1cc(C)cc(CC)c1C1C(=O)C2[C@@H](C1=O)[C@@H]1C[C@@H](c3ccc(OC)cc3)[C@H]2O1. The minimum Gasteiger partial charge on any atom is -0.497 e. The lowest BCUT2D eigenvalue weighted by Gasteiger charge is -2.26. The molecule has 3 fully saturated rings. The van der Waals surface area contributed by atoms with Crippen LogP contribution in [0.15, 0.2) is 36.4 Å². The molecule has 2 aromatic carbocycles. The summed E-state index contributed by atoms with van der Waals surface area (Å²) in [5, 5.41) is 0. The topological polar surface area (TPSA) is 52.6 Å². The lowest BCUT2D eigenvalue weighted by molar-refractivity contribution is -0.127. The van der Waals surface area contributed by atoms with Gasteiger partial charge in [0, 0.05) is 5.92 Å². The quantitative estimate of drug-likeness (QED) is 0.669. The lowest BCUT2D eigenvalue weighted by atomic mass is 9.73. The van der Waals surface area contributed by atoms with E-state index in [1.807, 2.05) is 12.1 Å². The number of aryl methyl sites for hydroxylation is 3. The lowest BCUT2D eigenvalue weighted by Crippen LogP contribution is -2.34. The van der Waals surface area contributed by atoms with Gasteiger partial charge in [0.25, 0.3) is 0 Å². The Balaban J connectivity index is 1.51. The fraction of sp³-hybridized carbons (Fsp3) is 0.481. The van der Waals surface area contributed by atoms with Crippen molar-refractivity contribution in [3.63, 3.8) is 0 Å². The zero-order valence-electron chi connectivity index (χ0n) is 18.7. The monoisotopic (exact) mass is 418 g/mol. The third-order valence-electron chi connectivity index (χ3n) is 7.67. The van der Waals surface area contributed by atoms with Crippen molar-refractivity contribution in [2.75, 3.05) is 7.11 Å². The summed E-state index contributed by atoms with van der Waals surface area (Å²) < 4.78 is 11.5. The van der Waals surface area contributed by atoms with Crippen LogP contribution in [0.2, 0.25) is 0 Å². The molecule has 2 heterocycles. The molecule has 5 rings (SSSR count). The molecule has 1 saturated carbocycles. The number of methoxy groups -OCH3 is 1. The van der Waals surface area contributed by atoms with Crippen LogP contribution in [0.3, 0.4) is 0 Å². The van der Waals surface area contributed by atoms with Crippen LogP contribution < -0.4 is 4.74 Å². The van der Waals surface area contributed by atoms with Gasteiger partial charge in [0.15, 0.2) is 11.6 Å². The molecule has 2 bridgehead atoms. The van der Waals surface area contributed by atoms with Crippen LogP contribution in [0.5, 0.6) is 5.75 Å². The first-order valence-corrected chi connectivity index (χ1v) is 11.5. The first kappa shape index (κ1) is 20.4. The molecule has 4 nitrogen and oxygen atoms in total. The second kappa shape index (κ2) is 7.59. The Labute approximate surface area is 183 Å². The number of ketones is 2. The molecule has 2 unspecified atom stereocenters. The molecule has 31 heavy (non-hydrogen) atoms. The van der Waals surface area contributed by atoms with Gasteiger partial charge in [-0.3, -0.25) is 9.59 Å². The molecule has 0 aromatic heterocycles. The summed E-state index contributed by atoms with van der Waals surface area (Å²) in [6, 6.07) is 12.3. The average molecular weight is 419 g/mol. The molecule has 1 aliphatic carbocycles. The number of ether oxygens (including phenoxy) is 2. The summed E-state index contributed by atoms with van der Waals surface area (Å²) in [6.07, 6.45) is 2.11. The Morgan fingerprint density at radius 2 is 1.58 bits per heavy atom. The number of carbonyl (C=O) groups excluding carboxylic acids is 2. The molecule has 6 atom stereocenters. The Hall–Kier alpha value is -2.46. The van der Waals surface area contributed by atoms with Gasteiger partial charge in [0.1, 0.15) is 11.7 Å². The Kier molecular flexibility index (Phi) is 5.01. The van der Waals surface area contributed by atoms with Crippen LogP contribution in [0.1, 0.15) is 59.9 Å². The van der Waals surface area contributed by atoms with E-state index in [1.165, 1.54) is 5.56 Å². The average Bonchev–Trinajstić information content (AvgIpc) is 3.45. The third kappa shape index (κ3) is 2.99. The van der Waals surface area contributed by atoms with E-state index < -0.39 is 5.92 Å². The summed E-state index contributed by atoms with van der Waals surface area (Å²) in [5.74, 6) is -0.0906. The van der Waals surface area contributed by atoms with E-state index in [0.717, 1.165) is 47.3 Å². The van der Waals surface area contributed by atoms with Crippen molar-refractivity contribution in [3.8, 4) is 5.75 Å². The van der Waals surface area contributed by atoms with Gasteiger partial charge in [-0.1, -0.05) is 43.7 Å². The Bertz CT molecular complexity index is 1010. The first-order valence-electron chi connectivity index (χ1n) is 11.5. The van der Waals surface area contributed by atoms with Gasteiger partial charge >= 0.3 is 0 Å². The fourth-order valence-corrected chi connectivity index (χ4v) is 6.33. The standard InChI is InChI=1S/C27H30O4/c1-5-15-11-14(3)12-16(6-2)21(15)23-25(28)22-20-13-19(27(31-20)24(22)26(23)29)17-7-9-18(30-4)10-8-17/h7-12,19-20,22-24,27H,5-6,13H2,1-4H3/t19-,20-,22-,23?,24?,27+/m0/s1. The molecule has 2 aromatic rings. The van der Waals surface area contributed by atoms with Crippen molar-refractivity contribution in [2.24, 2.45) is 11.8 Å². The van der Waals surface area contributed by atoms with Crippen LogP contribution >= 0.6 is 0 Å². The molecule has 0 N–H and O–H groups in total. The summed E-state index contributed by atoms with van der Waals surface area (Å²) in [4.78, 5) is 27.4. The van der Waals surface area contributed by atoms with Gasteiger partial charge in [-0.15, -0.1) is 0 Å². The molecule has 2 saturated heterocycles. The molecular weight excluding hydrogens is 388 g/mol. The smallest absolute Gasteiger partial charge is 0.154 e. The number of rotatable bonds is 5. The van der Waals surface area contributed by atoms with E-state index >= 15 is 0 Å². The summed E-state index contributed by atoms with van der Waals surface area (Å²) in [5.41, 5.74) is 5.63. The highest BCUT2D eigenvalue weighted by Crippen LogP contribution is 2.57.